The number of ketones is 2. The lowest BCUT2D eigenvalue weighted by Gasteiger charge is -2.40. The molecule has 3 aliphatic heterocycles. The second-order valence-corrected chi connectivity index (χ2v) is 7.02. The van der Waals surface area contributed by atoms with Gasteiger partial charge in [0.15, 0.2) is 11.5 Å². The van der Waals surface area contributed by atoms with E-state index in [1.807, 2.05) is 11.9 Å². The molecule has 9 heteroatoms. The molecule has 0 aromatic heterocycles. The normalized spacial score (nSPS) is 41.6. The maximum Gasteiger partial charge on any atom is 0.404 e. The van der Waals surface area contributed by atoms with Crippen LogP contribution in [0, 0.1) is 17.2 Å². The van der Waals surface area contributed by atoms with Crippen LogP contribution in [0.25, 0.3) is 0 Å². The number of methoxy groups -OCH3 is 1. The summed E-state index contributed by atoms with van der Waals surface area (Å²) < 4.78 is 10.9. The fraction of sp³-hybridized carbons (Fsp3) is 0.625. The van der Waals surface area contributed by atoms with Crippen molar-refractivity contribution in [2.24, 2.45) is 17.6 Å². The van der Waals surface area contributed by atoms with E-state index >= 15 is 0 Å². The Morgan fingerprint density at radius 1 is 1.44 bits per heavy atom. The van der Waals surface area contributed by atoms with Crippen molar-refractivity contribution in [3.8, 4) is 0 Å². The Morgan fingerprint density at radius 3 is 2.72 bits per heavy atom. The number of likely N-dealkylation sites (N-methyl/N-ethyl adjacent to an activating group) is 1. The summed E-state index contributed by atoms with van der Waals surface area (Å²) in [4.78, 5) is 40.8. The third kappa shape index (κ3) is 1.74. The smallest absolute Gasteiger partial charge is 0.404 e. The van der Waals surface area contributed by atoms with Crippen LogP contribution in [-0.4, -0.2) is 78.3 Å². The van der Waals surface area contributed by atoms with Crippen molar-refractivity contribution in [2.75, 3.05) is 27.3 Å². The lowest BCUT2D eigenvalue weighted by atomic mass is 9.79. The van der Waals surface area contributed by atoms with Crippen LogP contribution in [0.5, 0.6) is 0 Å². The first kappa shape index (κ1) is 16.2. The highest BCUT2D eigenvalue weighted by atomic mass is 16.6. The number of nitrogens with two attached hydrogens (primary N) is 1. The summed E-state index contributed by atoms with van der Waals surface area (Å²) in [5.74, 6) is -2.19. The average Bonchev–Trinajstić information content (AvgIpc) is 2.96. The van der Waals surface area contributed by atoms with Crippen LogP contribution in [0.1, 0.15) is 6.92 Å². The van der Waals surface area contributed by atoms with Crippen LogP contribution < -0.4 is 5.73 Å². The van der Waals surface area contributed by atoms with Crippen LogP contribution in [0.15, 0.2) is 11.3 Å². The minimum atomic E-state index is -0.963. The summed E-state index contributed by atoms with van der Waals surface area (Å²) >= 11 is 0. The molecule has 0 bridgehead atoms. The number of ether oxygens (including phenoxy) is 2. The Morgan fingerprint density at radius 2 is 2.12 bits per heavy atom. The van der Waals surface area contributed by atoms with Gasteiger partial charge in [0.25, 0.3) is 0 Å². The highest BCUT2D eigenvalue weighted by Gasteiger charge is 2.75. The summed E-state index contributed by atoms with van der Waals surface area (Å²) in [6.45, 7) is 1.95. The molecule has 0 aromatic rings. The number of nitrogens with one attached hydrogen (secondary N) is 1. The van der Waals surface area contributed by atoms with Crippen molar-refractivity contribution in [3.05, 3.63) is 11.3 Å². The van der Waals surface area contributed by atoms with Crippen molar-refractivity contribution >= 4 is 23.4 Å². The molecule has 25 heavy (non-hydrogen) atoms. The molecular weight excluding hydrogens is 328 g/mol. The third-order valence-corrected chi connectivity index (χ3v) is 6.09. The maximum absolute atomic E-state index is 12.9. The van der Waals surface area contributed by atoms with E-state index in [1.165, 1.54) is 7.11 Å². The van der Waals surface area contributed by atoms with Crippen LogP contribution in [0.2, 0.25) is 0 Å². The van der Waals surface area contributed by atoms with Crippen molar-refractivity contribution < 1.29 is 23.9 Å². The fourth-order valence-corrected chi connectivity index (χ4v) is 4.82. The van der Waals surface area contributed by atoms with E-state index in [9.17, 15) is 14.4 Å². The number of piperazine rings is 1. The van der Waals surface area contributed by atoms with Gasteiger partial charge in [0.1, 0.15) is 6.61 Å². The summed E-state index contributed by atoms with van der Waals surface area (Å²) in [6.07, 6.45) is -0.955. The molecule has 0 spiro atoms. The lowest BCUT2D eigenvalue weighted by Crippen LogP contribution is -2.55. The first-order chi connectivity index (χ1) is 11.8. The first-order valence-corrected chi connectivity index (χ1v) is 8.15. The molecule has 2 unspecified atom stereocenters. The second-order valence-electron chi connectivity index (χ2n) is 7.02. The highest BCUT2D eigenvalue weighted by molar-refractivity contribution is 6.52. The quantitative estimate of drug-likeness (QED) is 0.634. The summed E-state index contributed by atoms with van der Waals surface area (Å²) in [5, 5.41) is 8.01. The zero-order chi connectivity index (χ0) is 18.3. The van der Waals surface area contributed by atoms with Crippen LogP contribution in [0.3, 0.4) is 0 Å². The zero-order valence-electron chi connectivity index (χ0n) is 14.2. The minimum Gasteiger partial charge on any atom is -0.449 e. The molecule has 2 fully saturated rings. The number of Topliss-reactive ketones (excluding diaryl/α,β-unsaturated/α-hetero) is 2. The predicted octanol–water partition coefficient (Wildman–Crippen LogP) is -0.886. The van der Waals surface area contributed by atoms with Gasteiger partial charge < -0.3 is 25.5 Å². The lowest BCUT2D eigenvalue weighted by molar-refractivity contribution is -0.145. The molecule has 9 nitrogen and oxygen atoms in total. The maximum atomic E-state index is 12.9. The van der Waals surface area contributed by atoms with Crippen molar-refractivity contribution in [3.63, 3.8) is 0 Å². The molecular formula is C16H20N4O5. The number of fused-ring (bicyclic) bond motifs is 4. The topological polar surface area (TPSA) is 126 Å². The molecule has 0 saturated carbocycles. The number of carbonyl (C=O) groups is 3. The van der Waals surface area contributed by atoms with Gasteiger partial charge in [-0.3, -0.25) is 14.5 Å². The van der Waals surface area contributed by atoms with E-state index in [4.69, 9.17) is 20.6 Å². The SMILES string of the molecule is CO[C@@]12[C@H](COC(N)=O)C3=C(C(=O)C(C)C(=N)C3=O)N1C[C@H]1[C@@H]2N1C. The molecule has 3 N–H and O–H groups in total. The predicted molar refractivity (Wildman–Crippen MR) is 84.7 cm³/mol. The molecule has 0 aromatic carbocycles. The third-order valence-electron chi connectivity index (χ3n) is 6.09. The van der Waals surface area contributed by atoms with Gasteiger partial charge in [-0.25, -0.2) is 4.79 Å². The van der Waals surface area contributed by atoms with Gasteiger partial charge in [-0.2, -0.15) is 0 Å². The largest absolute Gasteiger partial charge is 0.449 e. The molecule has 1 aliphatic carbocycles. The number of carbonyl (C=O) groups excluding carboxylic acids is 3. The number of primary amides is 1. The van der Waals surface area contributed by atoms with Gasteiger partial charge in [0, 0.05) is 25.3 Å². The zero-order valence-corrected chi connectivity index (χ0v) is 14.2. The minimum absolute atomic E-state index is 0.0188. The van der Waals surface area contributed by atoms with Crippen LogP contribution in [0.4, 0.5) is 4.79 Å². The Kier molecular flexibility index (Phi) is 3.17. The molecule has 6 atom stereocenters. The monoisotopic (exact) mass is 348 g/mol. The van der Waals surface area contributed by atoms with E-state index in [0.717, 1.165) is 0 Å². The van der Waals surface area contributed by atoms with E-state index < -0.39 is 29.4 Å². The number of amides is 1. The second kappa shape index (κ2) is 4.89. The number of rotatable bonds is 3. The summed E-state index contributed by atoms with van der Waals surface area (Å²) in [5.41, 5.74) is 4.44. The summed E-state index contributed by atoms with van der Waals surface area (Å²) in [7, 11) is 3.48. The molecule has 4 rings (SSSR count). The van der Waals surface area contributed by atoms with Crippen LogP contribution in [-0.2, 0) is 19.1 Å². The number of hydrogen-bond acceptors (Lipinski definition) is 8. The molecule has 3 heterocycles. The number of hydrogen-bond donors (Lipinski definition) is 2. The Labute approximate surface area is 144 Å². The molecule has 0 radical (unpaired) electrons. The van der Waals surface area contributed by atoms with E-state index in [0.29, 0.717) is 12.2 Å². The van der Waals surface area contributed by atoms with Gasteiger partial charge in [-0.1, -0.05) is 0 Å². The van der Waals surface area contributed by atoms with E-state index in [1.54, 1.807) is 6.92 Å². The van der Waals surface area contributed by atoms with Gasteiger partial charge in [0.05, 0.1) is 29.3 Å². The highest BCUT2D eigenvalue weighted by Crippen LogP contribution is 2.58. The average molecular weight is 348 g/mol. The Balaban J connectivity index is 1.86. The first-order valence-electron chi connectivity index (χ1n) is 8.15. The Bertz CT molecular complexity index is 762. The molecule has 4 aliphatic rings. The van der Waals surface area contributed by atoms with Crippen LogP contribution >= 0.6 is 0 Å². The number of nitrogens with zero attached hydrogens (tertiary/aromatic N) is 2. The Hall–Kier alpha value is -2.26. The molecule has 2 saturated heterocycles. The van der Waals surface area contributed by atoms with Gasteiger partial charge in [-0.05, 0) is 14.0 Å². The van der Waals surface area contributed by atoms with Gasteiger partial charge in [-0.15, -0.1) is 0 Å². The summed E-state index contributed by atoms with van der Waals surface area (Å²) in [6, 6.07) is 0.194. The molecule has 134 valence electrons. The van der Waals surface area contributed by atoms with E-state index in [-0.39, 0.29) is 35.8 Å². The van der Waals surface area contributed by atoms with Crippen molar-refractivity contribution in [2.45, 2.75) is 24.7 Å². The number of allylic oxidation sites excluding steroid dienone is 1. The molecule has 1 amide bonds. The standard InChI is InChI=1S/C16H20N4O5/c1-6-10(17)13(22)9-7(5-25-15(18)23)16(24-3)14-8(19(14)2)4-20(16)11(9)12(6)21/h6-8,14,17H,4-5H2,1-3H3,(H2,18,23)/t6?,7-,8+,14+,16-,19?/m1/s1. The van der Waals surface area contributed by atoms with Gasteiger partial charge in [0.2, 0.25) is 5.78 Å². The van der Waals surface area contributed by atoms with Crippen molar-refractivity contribution in [1.29, 1.82) is 5.41 Å². The van der Waals surface area contributed by atoms with Gasteiger partial charge >= 0.3 is 6.09 Å². The fourth-order valence-electron chi connectivity index (χ4n) is 4.82. The van der Waals surface area contributed by atoms with Crippen molar-refractivity contribution in [1.82, 2.24) is 9.80 Å². The van der Waals surface area contributed by atoms with E-state index in [2.05, 4.69) is 4.90 Å².